The highest BCUT2D eigenvalue weighted by molar-refractivity contribution is 7.89. The van der Waals surface area contributed by atoms with Crippen molar-refractivity contribution in [1.82, 2.24) is 19.9 Å². The molecule has 0 aliphatic heterocycles. The monoisotopic (exact) mass is 470 g/mol. The van der Waals surface area contributed by atoms with Crippen molar-refractivity contribution in [3.63, 3.8) is 0 Å². The lowest BCUT2D eigenvalue weighted by molar-refractivity contribution is 0.371. The highest BCUT2D eigenvalue weighted by Crippen LogP contribution is 2.36. The Hall–Kier alpha value is -2.76. The number of rotatable bonds is 7. The number of methoxy groups -OCH3 is 1. The van der Waals surface area contributed by atoms with Gasteiger partial charge in [0.25, 0.3) is 0 Å². The minimum Gasteiger partial charge on any atom is -0.480 e. The third kappa shape index (κ3) is 4.63. The Kier molecular flexibility index (Phi) is 6.48. The van der Waals surface area contributed by atoms with Gasteiger partial charge in [0.2, 0.25) is 21.8 Å². The van der Waals surface area contributed by atoms with Crippen molar-refractivity contribution in [2.75, 3.05) is 7.11 Å². The van der Waals surface area contributed by atoms with E-state index < -0.39 is 33.6 Å². The first-order valence-electron chi connectivity index (χ1n) is 9.09. The molecule has 2 atom stereocenters. The standard InChI is InChI=1S/C19H20ClFN4O5S/c1-9-5-6-12(21)15(10(9)2)11(3)16(18-23-24-19(26)30-18)25-31(27,28)13-7-8-14(20)22-17(13)29-4/h5-8,11,16,25H,1-4H3,(H,24,26)/t11-,16+/m1/s1. The molecule has 2 aromatic heterocycles. The number of benzene rings is 1. The van der Waals surface area contributed by atoms with Gasteiger partial charge in [-0.1, -0.05) is 24.6 Å². The molecule has 0 aliphatic carbocycles. The van der Waals surface area contributed by atoms with Gasteiger partial charge < -0.3 is 9.15 Å². The number of halogens is 2. The zero-order valence-electron chi connectivity index (χ0n) is 17.1. The maximum Gasteiger partial charge on any atom is 0.434 e. The summed E-state index contributed by atoms with van der Waals surface area (Å²) in [6.45, 7) is 5.13. The van der Waals surface area contributed by atoms with Crippen LogP contribution in [0, 0.1) is 19.7 Å². The first-order chi connectivity index (χ1) is 14.5. The molecule has 2 heterocycles. The number of aryl methyl sites for hydroxylation is 1. The van der Waals surface area contributed by atoms with Crippen LogP contribution in [-0.2, 0) is 10.0 Å². The fourth-order valence-electron chi connectivity index (χ4n) is 3.26. The Labute approximate surface area is 182 Å². The highest BCUT2D eigenvalue weighted by Gasteiger charge is 2.34. The van der Waals surface area contributed by atoms with E-state index >= 15 is 0 Å². The second-order valence-corrected chi connectivity index (χ2v) is 8.95. The van der Waals surface area contributed by atoms with Crippen LogP contribution in [0.15, 0.2) is 38.4 Å². The summed E-state index contributed by atoms with van der Waals surface area (Å²) >= 11 is 5.82. The Morgan fingerprint density at radius 1 is 1.26 bits per heavy atom. The van der Waals surface area contributed by atoms with Crippen LogP contribution in [-0.4, -0.2) is 30.7 Å². The van der Waals surface area contributed by atoms with Gasteiger partial charge in [-0.25, -0.2) is 27.7 Å². The number of pyridine rings is 1. The molecule has 0 radical (unpaired) electrons. The van der Waals surface area contributed by atoms with Crippen molar-refractivity contribution in [1.29, 1.82) is 0 Å². The maximum atomic E-state index is 14.7. The number of ether oxygens (including phenoxy) is 1. The quantitative estimate of drug-likeness (QED) is 0.508. The molecule has 3 aromatic rings. The van der Waals surface area contributed by atoms with Gasteiger partial charge >= 0.3 is 5.76 Å². The zero-order chi connectivity index (χ0) is 22.9. The van der Waals surface area contributed by atoms with Crippen molar-refractivity contribution in [2.24, 2.45) is 0 Å². The van der Waals surface area contributed by atoms with Crippen molar-refractivity contribution in [2.45, 2.75) is 37.6 Å². The summed E-state index contributed by atoms with van der Waals surface area (Å²) in [6.07, 6.45) is 0. The number of H-pyrrole nitrogens is 1. The van der Waals surface area contributed by atoms with Crippen LogP contribution in [0.3, 0.4) is 0 Å². The molecule has 0 unspecified atom stereocenters. The average molecular weight is 471 g/mol. The van der Waals surface area contributed by atoms with Gasteiger partial charge in [0.15, 0.2) is 0 Å². The summed E-state index contributed by atoms with van der Waals surface area (Å²) in [5, 5.41) is 5.89. The summed E-state index contributed by atoms with van der Waals surface area (Å²) in [5.74, 6) is -2.68. The SMILES string of the molecule is COc1nc(Cl)ccc1S(=O)(=O)N[C@H](c1n[nH]c(=O)o1)[C@H](C)c1c(F)ccc(C)c1C. The van der Waals surface area contributed by atoms with Crippen molar-refractivity contribution in [3.05, 3.63) is 68.4 Å². The van der Waals surface area contributed by atoms with Gasteiger partial charge in [0.05, 0.1) is 7.11 Å². The molecule has 2 N–H and O–H groups in total. The predicted octanol–water partition coefficient (Wildman–Crippen LogP) is 3.00. The van der Waals surface area contributed by atoms with E-state index in [-0.39, 0.29) is 27.4 Å². The van der Waals surface area contributed by atoms with E-state index in [9.17, 15) is 17.6 Å². The van der Waals surface area contributed by atoms with Crippen molar-refractivity contribution >= 4 is 21.6 Å². The zero-order valence-corrected chi connectivity index (χ0v) is 18.6. The van der Waals surface area contributed by atoms with E-state index in [1.165, 1.54) is 25.3 Å². The average Bonchev–Trinajstić information content (AvgIpc) is 3.14. The molecule has 31 heavy (non-hydrogen) atoms. The molecule has 9 nitrogen and oxygen atoms in total. The Morgan fingerprint density at radius 3 is 2.58 bits per heavy atom. The first kappa shape index (κ1) is 22.9. The molecular weight excluding hydrogens is 451 g/mol. The minimum absolute atomic E-state index is 0.0384. The fraction of sp³-hybridized carbons (Fsp3) is 0.316. The second-order valence-electron chi connectivity index (χ2n) is 6.88. The lowest BCUT2D eigenvalue weighted by Crippen LogP contribution is -2.33. The topological polar surface area (TPSA) is 127 Å². The lowest BCUT2D eigenvalue weighted by Gasteiger charge is -2.25. The van der Waals surface area contributed by atoms with E-state index in [2.05, 4.69) is 19.9 Å². The van der Waals surface area contributed by atoms with Crippen LogP contribution in [0.25, 0.3) is 0 Å². The number of aromatic nitrogens is 3. The van der Waals surface area contributed by atoms with E-state index in [4.69, 9.17) is 20.8 Å². The number of nitrogens with zero attached hydrogens (tertiary/aromatic N) is 2. The van der Waals surface area contributed by atoms with E-state index in [0.29, 0.717) is 5.56 Å². The molecule has 0 saturated carbocycles. The Morgan fingerprint density at radius 2 is 1.97 bits per heavy atom. The van der Waals surface area contributed by atoms with E-state index in [1.807, 2.05) is 6.92 Å². The normalized spacial score (nSPS) is 13.7. The number of aromatic amines is 1. The van der Waals surface area contributed by atoms with Gasteiger partial charge in [-0.15, -0.1) is 5.10 Å². The van der Waals surface area contributed by atoms with Crippen LogP contribution in [0.4, 0.5) is 4.39 Å². The van der Waals surface area contributed by atoms with Crippen molar-refractivity contribution in [3.8, 4) is 5.88 Å². The van der Waals surface area contributed by atoms with Gasteiger partial charge in [0, 0.05) is 5.92 Å². The third-order valence-electron chi connectivity index (χ3n) is 4.96. The van der Waals surface area contributed by atoms with E-state index in [0.717, 1.165) is 5.56 Å². The number of hydrogen-bond donors (Lipinski definition) is 2. The van der Waals surface area contributed by atoms with Crippen LogP contribution in [0.5, 0.6) is 5.88 Å². The smallest absolute Gasteiger partial charge is 0.434 e. The van der Waals surface area contributed by atoms with E-state index in [1.54, 1.807) is 19.9 Å². The first-order valence-corrected chi connectivity index (χ1v) is 10.9. The molecule has 166 valence electrons. The molecule has 0 amide bonds. The van der Waals surface area contributed by atoms with Gasteiger partial charge in [-0.2, -0.15) is 4.72 Å². The molecule has 12 heteroatoms. The summed E-state index contributed by atoms with van der Waals surface area (Å²) in [6, 6.07) is 4.21. The minimum atomic E-state index is -4.28. The summed E-state index contributed by atoms with van der Waals surface area (Å²) in [5.41, 5.74) is 1.72. The lowest BCUT2D eigenvalue weighted by atomic mass is 9.88. The second kappa shape index (κ2) is 8.77. The molecule has 1 aromatic carbocycles. The highest BCUT2D eigenvalue weighted by atomic mass is 35.5. The van der Waals surface area contributed by atoms with Gasteiger partial charge in [-0.05, 0) is 48.7 Å². The number of sulfonamides is 1. The third-order valence-corrected chi connectivity index (χ3v) is 6.63. The molecule has 0 spiro atoms. The Bertz CT molecular complexity index is 1270. The molecule has 0 aliphatic rings. The van der Waals surface area contributed by atoms with Crippen LogP contribution in [0.1, 0.15) is 41.5 Å². The fourth-order valence-corrected chi connectivity index (χ4v) is 4.77. The molecule has 0 saturated heterocycles. The summed E-state index contributed by atoms with van der Waals surface area (Å²) < 4.78 is 53.5. The Balaban J connectivity index is 2.12. The summed E-state index contributed by atoms with van der Waals surface area (Å²) in [7, 11) is -3.04. The molecular formula is C19H20ClFN4O5S. The predicted molar refractivity (Wildman–Crippen MR) is 110 cm³/mol. The van der Waals surface area contributed by atoms with Gasteiger partial charge in [0.1, 0.15) is 21.9 Å². The number of nitrogens with one attached hydrogen (secondary N) is 2. The van der Waals surface area contributed by atoms with Crippen LogP contribution >= 0.6 is 11.6 Å². The van der Waals surface area contributed by atoms with Crippen molar-refractivity contribution < 1.29 is 22.0 Å². The number of hydrogen-bond acceptors (Lipinski definition) is 7. The maximum absolute atomic E-state index is 14.7. The van der Waals surface area contributed by atoms with Crippen LogP contribution in [0.2, 0.25) is 5.15 Å². The molecule has 3 rings (SSSR count). The van der Waals surface area contributed by atoms with Gasteiger partial charge in [-0.3, -0.25) is 0 Å². The summed E-state index contributed by atoms with van der Waals surface area (Å²) in [4.78, 5) is 15.1. The molecule has 0 bridgehead atoms. The van der Waals surface area contributed by atoms with Crippen LogP contribution < -0.4 is 15.2 Å². The molecule has 0 fully saturated rings. The largest absolute Gasteiger partial charge is 0.480 e.